The number of carbonyl (C=O) groups excluding carboxylic acids is 1. The highest BCUT2D eigenvalue weighted by atomic mass is 32.2. The first kappa shape index (κ1) is 15.7. The van der Waals surface area contributed by atoms with E-state index in [9.17, 15) is 13.2 Å². The average molecular weight is 330 g/mol. The number of hydrogen-bond donors (Lipinski definition) is 2. The predicted octanol–water partition coefficient (Wildman–Crippen LogP) is 2.75. The number of hydrogen-bond acceptors (Lipinski definition) is 3. The smallest absolute Gasteiger partial charge is 0.240 e. The number of sulfonamides is 1. The molecule has 1 aliphatic carbocycles. The Morgan fingerprint density at radius 3 is 1.96 bits per heavy atom. The number of amides is 1. The zero-order valence-electron chi connectivity index (χ0n) is 12.7. The molecule has 0 saturated heterocycles. The summed E-state index contributed by atoms with van der Waals surface area (Å²) < 4.78 is 26.9. The van der Waals surface area contributed by atoms with Crippen LogP contribution in [0.25, 0.3) is 11.1 Å². The molecule has 0 radical (unpaired) electrons. The molecule has 0 unspecified atom stereocenters. The van der Waals surface area contributed by atoms with Gasteiger partial charge in [-0.15, -0.1) is 0 Å². The van der Waals surface area contributed by atoms with Gasteiger partial charge < -0.3 is 5.32 Å². The third-order valence-electron chi connectivity index (χ3n) is 3.60. The van der Waals surface area contributed by atoms with E-state index in [1.165, 1.54) is 6.92 Å². The lowest BCUT2D eigenvalue weighted by Crippen LogP contribution is -2.25. The minimum Gasteiger partial charge on any atom is -0.326 e. The second-order valence-corrected chi connectivity index (χ2v) is 7.39. The van der Waals surface area contributed by atoms with E-state index in [4.69, 9.17) is 0 Å². The Morgan fingerprint density at radius 2 is 1.48 bits per heavy atom. The van der Waals surface area contributed by atoms with Crippen LogP contribution in [0.3, 0.4) is 0 Å². The fraction of sp³-hybridized carbons (Fsp3) is 0.235. The molecule has 0 atom stereocenters. The second kappa shape index (κ2) is 6.14. The van der Waals surface area contributed by atoms with Gasteiger partial charge in [-0.1, -0.05) is 24.3 Å². The van der Waals surface area contributed by atoms with E-state index in [2.05, 4.69) is 10.0 Å². The fourth-order valence-electron chi connectivity index (χ4n) is 2.26. The third kappa shape index (κ3) is 3.97. The number of rotatable bonds is 5. The van der Waals surface area contributed by atoms with Gasteiger partial charge in [-0.3, -0.25) is 4.79 Å². The lowest BCUT2D eigenvalue weighted by molar-refractivity contribution is -0.114. The first-order valence-corrected chi connectivity index (χ1v) is 8.93. The summed E-state index contributed by atoms with van der Waals surface area (Å²) in [6, 6.07) is 14.3. The molecule has 0 aromatic heterocycles. The third-order valence-corrected chi connectivity index (χ3v) is 5.14. The highest BCUT2D eigenvalue weighted by molar-refractivity contribution is 7.89. The van der Waals surface area contributed by atoms with E-state index in [1.807, 2.05) is 24.3 Å². The Bertz CT molecular complexity index is 808. The van der Waals surface area contributed by atoms with Crippen molar-refractivity contribution in [3.63, 3.8) is 0 Å². The second-order valence-electron chi connectivity index (χ2n) is 5.68. The first-order valence-electron chi connectivity index (χ1n) is 7.44. The molecule has 2 N–H and O–H groups in total. The van der Waals surface area contributed by atoms with Crippen LogP contribution in [0.2, 0.25) is 0 Å². The maximum atomic E-state index is 12.1. The van der Waals surface area contributed by atoms with Gasteiger partial charge in [0.15, 0.2) is 0 Å². The largest absolute Gasteiger partial charge is 0.326 e. The van der Waals surface area contributed by atoms with Crippen LogP contribution < -0.4 is 10.0 Å². The molecule has 0 aliphatic heterocycles. The molecule has 2 aromatic rings. The summed E-state index contributed by atoms with van der Waals surface area (Å²) in [6.45, 7) is 1.46. The average Bonchev–Trinajstić information content (AvgIpc) is 3.31. The molecular formula is C17H18N2O3S. The molecule has 1 fully saturated rings. The molecule has 0 bridgehead atoms. The predicted molar refractivity (Wildman–Crippen MR) is 89.5 cm³/mol. The van der Waals surface area contributed by atoms with Gasteiger partial charge in [-0.2, -0.15) is 0 Å². The van der Waals surface area contributed by atoms with Crippen molar-refractivity contribution in [2.75, 3.05) is 5.32 Å². The molecule has 1 amide bonds. The molecule has 0 heterocycles. The van der Waals surface area contributed by atoms with Gasteiger partial charge in [0.2, 0.25) is 15.9 Å². The number of benzene rings is 2. The normalized spacial score (nSPS) is 14.5. The summed E-state index contributed by atoms with van der Waals surface area (Å²) in [4.78, 5) is 11.3. The zero-order valence-corrected chi connectivity index (χ0v) is 13.6. The summed E-state index contributed by atoms with van der Waals surface area (Å²) in [5.41, 5.74) is 2.61. The molecule has 120 valence electrons. The molecule has 6 heteroatoms. The SMILES string of the molecule is CC(=O)Nc1ccc(-c2ccc(S(=O)(=O)NC3CC3)cc2)cc1. The topological polar surface area (TPSA) is 75.3 Å². The molecule has 3 rings (SSSR count). The first-order chi connectivity index (χ1) is 10.9. The maximum absolute atomic E-state index is 12.1. The minimum atomic E-state index is -3.41. The van der Waals surface area contributed by atoms with E-state index >= 15 is 0 Å². The number of carbonyl (C=O) groups is 1. The quantitative estimate of drug-likeness (QED) is 0.885. The Hall–Kier alpha value is -2.18. The molecule has 23 heavy (non-hydrogen) atoms. The van der Waals surface area contributed by atoms with Crippen LogP contribution in [0, 0.1) is 0 Å². The van der Waals surface area contributed by atoms with E-state index in [0.717, 1.165) is 29.7 Å². The van der Waals surface area contributed by atoms with Crippen LogP contribution in [0.4, 0.5) is 5.69 Å². The van der Waals surface area contributed by atoms with E-state index < -0.39 is 10.0 Å². The van der Waals surface area contributed by atoms with Gasteiger partial charge in [0, 0.05) is 18.7 Å². The van der Waals surface area contributed by atoms with Crippen molar-refractivity contribution in [1.82, 2.24) is 4.72 Å². The van der Waals surface area contributed by atoms with Crippen LogP contribution in [-0.2, 0) is 14.8 Å². The fourth-order valence-corrected chi connectivity index (χ4v) is 3.57. The highest BCUT2D eigenvalue weighted by Gasteiger charge is 2.27. The van der Waals surface area contributed by atoms with Crippen LogP contribution in [0.5, 0.6) is 0 Å². The summed E-state index contributed by atoms with van der Waals surface area (Å²) in [5.74, 6) is -0.115. The highest BCUT2D eigenvalue weighted by Crippen LogP contribution is 2.25. The summed E-state index contributed by atoms with van der Waals surface area (Å²) >= 11 is 0. The lowest BCUT2D eigenvalue weighted by Gasteiger charge is -2.08. The van der Waals surface area contributed by atoms with Crippen molar-refractivity contribution in [2.24, 2.45) is 0 Å². The molecule has 0 spiro atoms. The standard InChI is InChI=1S/C17H18N2O3S/c1-12(20)18-15-6-2-13(3-7-15)14-4-10-17(11-5-14)23(21,22)19-16-8-9-16/h2-7,10-11,16,19H,8-9H2,1H3,(H,18,20). The van der Waals surface area contributed by atoms with Gasteiger partial charge in [0.1, 0.15) is 0 Å². The Labute approximate surface area is 135 Å². The monoisotopic (exact) mass is 330 g/mol. The van der Waals surface area contributed by atoms with Crippen molar-refractivity contribution in [3.8, 4) is 11.1 Å². The summed E-state index contributed by atoms with van der Waals surface area (Å²) in [6.07, 6.45) is 1.83. The Balaban J connectivity index is 1.77. The minimum absolute atomic E-state index is 0.0981. The number of anilines is 1. The van der Waals surface area contributed by atoms with Gasteiger partial charge >= 0.3 is 0 Å². The van der Waals surface area contributed by atoms with Crippen LogP contribution >= 0.6 is 0 Å². The van der Waals surface area contributed by atoms with Gasteiger partial charge in [-0.25, -0.2) is 13.1 Å². The van der Waals surface area contributed by atoms with Crippen molar-refractivity contribution in [2.45, 2.75) is 30.7 Å². The van der Waals surface area contributed by atoms with Crippen molar-refractivity contribution < 1.29 is 13.2 Å². The molecule has 2 aromatic carbocycles. The maximum Gasteiger partial charge on any atom is 0.240 e. The molecule has 1 saturated carbocycles. The lowest BCUT2D eigenvalue weighted by atomic mass is 10.1. The number of nitrogens with one attached hydrogen (secondary N) is 2. The molecular weight excluding hydrogens is 312 g/mol. The van der Waals surface area contributed by atoms with Crippen molar-refractivity contribution in [1.29, 1.82) is 0 Å². The summed E-state index contributed by atoms with van der Waals surface area (Å²) in [7, 11) is -3.41. The molecule has 1 aliphatic rings. The Morgan fingerprint density at radius 1 is 0.957 bits per heavy atom. The van der Waals surface area contributed by atoms with Gasteiger partial charge in [-0.05, 0) is 48.2 Å². The molecule has 5 nitrogen and oxygen atoms in total. The van der Waals surface area contributed by atoms with E-state index in [-0.39, 0.29) is 16.8 Å². The summed E-state index contributed by atoms with van der Waals surface area (Å²) in [5, 5.41) is 2.71. The van der Waals surface area contributed by atoms with E-state index in [0.29, 0.717) is 0 Å². The van der Waals surface area contributed by atoms with Crippen LogP contribution in [0.1, 0.15) is 19.8 Å². The van der Waals surface area contributed by atoms with Crippen LogP contribution in [-0.4, -0.2) is 20.4 Å². The zero-order chi connectivity index (χ0) is 16.4. The van der Waals surface area contributed by atoms with Crippen LogP contribution in [0.15, 0.2) is 53.4 Å². The van der Waals surface area contributed by atoms with Gasteiger partial charge in [0.05, 0.1) is 4.90 Å². The van der Waals surface area contributed by atoms with E-state index in [1.54, 1.807) is 24.3 Å². The van der Waals surface area contributed by atoms with Crippen molar-refractivity contribution in [3.05, 3.63) is 48.5 Å². The van der Waals surface area contributed by atoms with Crippen molar-refractivity contribution >= 4 is 21.6 Å². The Kier molecular flexibility index (Phi) is 4.19. The van der Waals surface area contributed by atoms with Gasteiger partial charge in [0.25, 0.3) is 0 Å².